The highest BCUT2D eigenvalue weighted by molar-refractivity contribution is 5.85. The van der Waals surface area contributed by atoms with Gasteiger partial charge in [-0.25, -0.2) is 14.3 Å². The van der Waals surface area contributed by atoms with Gasteiger partial charge in [-0.05, 0) is 33.8 Å². The van der Waals surface area contributed by atoms with Crippen molar-refractivity contribution >= 4 is 11.7 Å². The Morgan fingerprint density at radius 2 is 2.06 bits per heavy atom. The monoisotopic (exact) mass is 234 g/mol. The van der Waals surface area contributed by atoms with E-state index in [0.29, 0.717) is 5.78 Å². The van der Waals surface area contributed by atoms with Crippen LogP contribution in [0.1, 0.15) is 35.9 Å². The highest BCUT2D eigenvalue weighted by Crippen LogP contribution is 2.06. The normalized spacial score (nSPS) is 11.1. The van der Waals surface area contributed by atoms with Crippen molar-refractivity contribution in [3.63, 3.8) is 0 Å². The Hall–Kier alpha value is -1.98. The van der Waals surface area contributed by atoms with Gasteiger partial charge in [-0.2, -0.15) is 4.98 Å². The number of hydrogen-bond acceptors (Lipinski definition) is 5. The van der Waals surface area contributed by atoms with Crippen molar-refractivity contribution in [1.29, 1.82) is 0 Å². The van der Waals surface area contributed by atoms with Crippen LogP contribution in [0.2, 0.25) is 0 Å². The Bertz CT molecular complexity index is 574. The molecule has 0 bridgehead atoms. The molecule has 0 aromatic carbocycles. The van der Waals surface area contributed by atoms with Gasteiger partial charge in [0.05, 0.1) is 6.10 Å². The van der Waals surface area contributed by atoms with Crippen molar-refractivity contribution in [3.05, 3.63) is 23.3 Å². The summed E-state index contributed by atoms with van der Waals surface area (Å²) in [4.78, 5) is 19.9. The summed E-state index contributed by atoms with van der Waals surface area (Å²) < 4.78 is 6.56. The first-order valence-corrected chi connectivity index (χ1v) is 5.39. The molecule has 0 atom stereocenters. The van der Waals surface area contributed by atoms with Gasteiger partial charge in [-0.3, -0.25) is 0 Å². The summed E-state index contributed by atoms with van der Waals surface area (Å²) in [5.74, 6) is -0.0688. The third-order valence-electron chi connectivity index (χ3n) is 2.14. The van der Waals surface area contributed by atoms with Gasteiger partial charge in [-0.1, -0.05) is 0 Å². The van der Waals surface area contributed by atoms with Gasteiger partial charge in [0.2, 0.25) is 0 Å². The summed E-state index contributed by atoms with van der Waals surface area (Å²) in [6.45, 7) is 7.31. The molecule has 0 aliphatic rings. The van der Waals surface area contributed by atoms with Gasteiger partial charge in [-0.15, -0.1) is 5.10 Å². The molecule has 2 aromatic heterocycles. The maximum Gasteiger partial charge on any atom is 0.378 e. The third-order valence-corrected chi connectivity index (χ3v) is 2.14. The van der Waals surface area contributed by atoms with Crippen LogP contribution >= 0.6 is 0 Å². The lowest BCUT2D eigenvalue weighted by Crippen LogP contribution is -2.13. The van der Waals surface area contributed by atoms with E-state index in [-0.39, 0.29) is 11.9 Å². The van der Waals surface area contributed by atoms with Gasteiger partial charge < -0.3 is 4.74 Å². The van der Waals surface area contributed by atoms with Crippen LogP contribution in [0.5, 0.6) is 0 Å². The van der Waals surface area contributed by atoms with E-state index in [4.69, 9.17) is 4.74 Å². The topological polar surface area (TPSA) is 69.4 Å². The van der Waals surface area contributed by atoms with E-state index in [1.807, 2.05) is 19.9 Å². The van der Waals surface area contributed by atoms with Crippen molar-refractivity contribution < 1.29 is 9.53 Å². The molecule has 0 amide bonds. The summed E-state index contributed by atoms with van der Waals surface area (Å²) in [6, 6.07) is 1.87. The number of nitrogens with zero attached hydrogens (tertiary/aromatic N) is 4. The highest BCUT2D eigenvalue weighted by Gasteiger charge is 2.17. The van der Waals surface area contributed by atoms with Gasteiger partial charge in [0, 0.05) is 11.4 Å². The molecule has 2 heterocycles. The summed E-state index contributed by atoms with van der Waals surface area (Å²) in [7, 11) is 0. The first kappa shape index (κ1) is 11.5. The van der Waals surface area contributed by atoms with Crippen LogP contribution in [0.25, 0.3) is 5.78 Å². The largest absolute Gasteiger partial charge is 0.457 e. The number of carbonyl (C=O) groups is 1. The number of hydrogen-bond donors (Lipinski definition) is 0. The number of aryl methyl sites for hydroxylation is 2. The maximum absolute atomic E-state index is 11.6. The fourth-order valence-corrected chi connectivity index (χ4v) is 1.52. The lowest BCUT2D eigenvalue weighted by Gasteiger charge is -2.03. The SMILES string of the molecule is Cc1cc(C)n2nc(C(=O)OC(C)C)nc2n1. The van der Waals surface area contributed by atoms with E-state index in [9.17, 15) is 4.79 Å². The number of aromatic nitrogens is 4. The number of rotatable bonds is 2. The molecule has 0 fully saturated rings. The van der Waals surface area contributed by atoms with Gasteiger partial charge >= 0.3 is 5.97 Å². The first-order valence-electron chi connectivity index (χ1n) is 5.39. The number of ether oxygens (including phenoxy) is 1. The standard InChI is InChI=1S/C11H14N4O2/c1-6(2)17-10(16)9-13-11-12-7(3)5-8(4)15(11)14-9/h5-6H,1-4H3. The van der Waals surface area contributed by atoms with Gasteiger partial charge in [0.15, 0.2) is 0 Å². The predicted molar refractivity (Wildman–Crippen MR) is 60.8 cm³/mol. The van der Waals surface area contributed by atoms with Crippen molar-refractivity contribution in [2.45, 2.75) is 33.8 Å². The molecule has 0 aliphatic heterocycles. The molecule has 17 heavy (non-hydrogen) atoms. The highest BCUT2D eigenvalue weighted by atomic mass is 16.5. The van der Waals surface area contributed by atoms with Crippen molar-refractivity contribution in [2.75, 3.05) is 0 Å². The minimum absolute atomic E-state index is 0.0416. The predicted octanol–water partition coefficient (Wildman–Crippen LogP) is 1.31. The van der Waals surface area contributed by atoms with Crippen molar-refractivity contribution in [2.24, 2.45) is 0 Å². The number of fused-ring (bicyclic) bond motifs is 1. The van der Waals surface area contributed by atoms with Crippen LogP contribution in [0, 0.1) is 13.8 Å². The molecule has 0 radical (unpaired) electrons. The summed E-state index contributed by atoms with van der Waals surface area (Å²) in [5.41, 5.74) is 1.72. The van der Waals surface area contributed by atoms with E-state index >= 15 is 0 Å². The molecule has 6 heteroatoms. The maximum atomic E-state index is 11.6. The van der Waals surface area contributed by atoms with Crippen LogP contribution < -0.4 is 0 Å². The van der Waals surface area contributed by atoms with Gasteiger partial charge in [0.25, 0.3) is 11.6 Å². The Kier molecular flexibility index (Phi) is 2.79. The Morgan fingerprint density at radius 3 is 2.71 bits per heavy atom. The average Bonchev–Trinajstić information content (AvgIpc) is 2.60. The zero-order valence-electron chi connectivity index (χ0n) is 10.3. The second kappa shape index (κ2) is 4.12. The van der Waals surface area contributed by atoms with Crippen molar-refractivity contribution in [1.82, 2.24) is 19.6 Å². The van der Waals surface area contributed by atoms with E-state index in [1.54, 1.807) is 13.8 Å². The molecule has 2 rings (SSSR count). The summed E-state index contributed by atoms with van der Waals surface area (Å²) in [6.07, 6.45) is -0.190. The molecule has 0 saturated carbocycles. The van der Waals surface area contributed by atoms with Crippen LogP contribution in [0.3, 0.4) is 0 Å². The van der Waals surface area contributed by atoms with Crippen LogP contribution in [0.15, 0.2) is 6.07 Å². The van der Waals surface area contributed by atoms with E-state index in [2.05, 4.69) is 15.1 Å². The Morgan fingerprint density at radius 1 is 1.35 bits per heavy atom. The molecular formula is C11H14N4O2. The molecule has 0 unspecified atom stereocenters. The third kappa shape index (κ3) is 2.25. The summed E-state index contributed by atoms with van der Waals surface area (Å²) in [5, 5.41) is 4.07. The van der Waals surface area contributed by atoms with Crippen molar-refractivity contribution in [3.8, 4) is 0 Å². The molecule has 0 spiro atoms. The second-order valence-electron chi connectivity index (χ2n) is 4.14. The van der Waals surface area contributed by atoms with E-state index in [0.717, 1.165) is 11.4 Å². The quantitative estimate of drug-likeness (QED) is 0.733. The fraction of sp³-hybridized carbons (Fsp3) is 0.455. The second-order valence-corrected chi connectivity index (χ2v) is 4.14. The van der Waals surface area contributed by atoms with Crippen LogP contribution in [-0.2, 0) is 4.74 Å². The molecule has 0 aliphatic carbocycles. The fourth-order valence-electron chi connectivity index (χ4n) is 1.52. The Balaban J connectivity index is 2.44. The Labute approximate surface area is 98.6 Å². The molecule has 0 saturated heterocycles. The van der Waals surface area contributed by atoms with Crippen LogP contribution in [-0.4, -0.2) is 31.7 Å². The van der Waals surface area contributed by atoms with Gasteiger partial charge in [0.1, 0.15) is 0 Å². The molecule has 90 valence electrons. The average molecular weight is 234 g/mol. The molecule has 0 N–H and O–H groups in total. The smallest absolute Gasteiger partial charge is 0.378 e. The van der Waals surface area contributed by atoms with E-state index in [1.165, 1.54) is 4.52 Å². The first-order chi connectivity index (χ1) is 7.97. The van der Waals surface area contributed by atoms with Crippen LogP contribution in [0.4, 0.5) is 0 Å². The zero-order valence-corrected chi connectivity index (χ0v) is 10.3. The zero-order chi connectivity index (χ0) is 12.6. The minimum atomic E-state index is -0.525. The minimum Gasteiger partial charge on any atom is -0.457 e. The lowest BCUT2D eigenvalue weighted by molar-refractivity contribution is 0.0363. The molecule has 6 nitrogen and oxygen atoms in total. The lowest BCUT2D eigenvalue weighted by atomic mass is 10.4. The van der Waals surface area contributed by atoms with E-state index < -0.39 is 5.97 Å². The number of esters is 1. The summed E-state index contributed by atoms with van der Waals surface area (Å²) >= 11 is 0. The molecular weight excluding hydrogens is 220 g/mol. The molecule has 2 aromatic rings. The number of carbonyl (C=O) groups excluding carboxylic acids is 1.